The van der Waals surface area contributed by atoms with Crippen LogP contribution in [0.4, 0.5) is 0 Å². The molecular formula is C17H25N3O. The summed E-state index contributed by atoms with van der Waals surface area (Å²) in [6.45, 7) is 8.30. The van der Waals surface area contributed by atoms with Crippen LogP contribution in [0, 0.1) is 0 Å². The van der Waals surface area contributed by atoms with Gasteiger partial charge < -0.3 is 15.2 Å². The molecule has 0 bridgehead atoms. The Labute approximate surface area is 126 Å². The quantitative estimate of drug-likeness (QED) is 0.822. The zero-order valence-corrected chi connectivity index (χ0v) is 13.1. The van der Waals surface area contributed by atoms with Crippen LogP contribution in [0.1, 0.15) is 32.8 Å². The lowest BCUT2D eigenvalue weighted by Crippen LogP contribution is -2.27. The monoisotopic (exact) mass is 287 g/mol. The van der Waals surface area contributed by atoms with E-state index in [1.165, 1.54) is 10.9 Å². The van der Waals surface area contributed by atoms with Crippen LogP contribution in [-0.4, -0.2) is 23.1 Å². The van der Waals surface area contributed by atoms with Crippen LogP contribution in [0.25, 0.3) is 10.9 Å². The average molecular weight is 287 g/mol. The number of benzene rings is 1. The maximum Gasteiger partial charge on any atom is 0.239 e. The number of rotatable bonds is 7. The van der Waals surface area contributed by atoms with Crippen LogP contribution in [0.5, 0.6) is 0 Å². The molecule has 4 heteroatoms. The molecule has 0 spiro atoms. The van der Waals surface area contributed by atoms with Crippen LogP contribution in [-0.2, 0) is 17.9 Å². The zero-order valence-electron chi connectivity index (χ0n) is 13.1. The van der Waals surface area contributed by atoms with Crippen molar-refractivity contribution in [3.63, 3.8) is 0 Å². The van der Waals surface area contributed by atoms with Crippen LogP contribution in [0.15, 0.2) is 30.5 Å². The van der Waals surface area contributed by atoms with E-state index in [1.807, 2.05) is 10.8 Å². The van der Waals surface area contributed by atoms with E-state index >= 15 is 0 Å². The number of hydrogen-bond donors (Lipinski definition) is 2. The number of hydrogen-bond acceptors (Lipinski definition) is 2. The van der Waals surface area contributed by atoms with Gasteiger partial charge >= 0.3 is 0 Å². The van der Waals surface area contributed by atoms with E-state index in [0.29, 0.717) is 12.6 Å². The molecule has 1 aromatic carbocycles. The van der Waals surface area contributed by atoms with Gasteiger partial charge in [0.05, 0.1) is 0 Å². The summed E-state index contributed by atoms with van der Waals surface area (Å²) >= 11 is 0. The van der Waals surface area contributed by atoms with Gasteiger partial charge in [0.15, 0.2) is 0 Å². The fraction of sp³-hybridized carbons (Fsp3) is 0.471. The topological polar surface area (TPSA) is 46.1 Å². The van der Waals surface area contributed by atoms with E-state index in [-0.39, 0.29) is 5.91 Å². The molecular weight excluding hydrogens is 262 g/mol. The second-order valence-corrected chi connectivity index (χ2v) is 5.68. The predicted molar refractivity (Wildman–Crippen MR) is 87.2 cm³/mol. The van der Waals surface area contributed by atoms with Crippen molar-refractivity contribution in [1.29, 1.82) is 0 Å². The summed E-state index contributed by atoms with van der Waals surface area (Å²) in [5.74, 6) is 0.0695. The van der Waals surface area contributed by atoms with Crippen molar-refractivity contribution in [3.8, 4) is 0 Å². The molecule has 1 aromatic heterocycles. The molecule has 2 N–H and O–H groups in total. The van der Waals surface area contributed by atoms with Crippen molar-refractivity contribution in [2.75, 3.05) is 6.54 Å². The lowest BCUT2D eigenvalue weighted by Gasteiger charge is -2.10. The molecule has 114 valence electrons. The smallest absolute Gasteiger partial charge is 0.239 e. The van der Waals surface area contributed by atoms with Gasteiger partial charge in [0, 0.05) is 36.2 Å². The fourth-order valence-electron chi connectivity index (χ4n) is 2.37. The summed E-state index contributed by atoms with van der Waals surface area (Å²) in [5.41, 5.74) is 2.39. The third-order valence-corrected chi connectivity index (χ3v) is 3.49. The second-order valence-electron chi connectivity index (χ2n) is 5.68. The second kappa shape index (κ2) is 7.27. The summed E-state index contributed by atoms with van der Waals surface area (Å²) < 4.78 is 2.01. The van der Waals surface area contributed by atoms with E-state index in [4.69, 9.17) is 0 Å². The Kier molecular flexibility index (Phi) is 5.39. The Morgan fingerprint density at radius 3 is 2.81 bits per heavy atom. The summed E-state index contributed by atoms with van der Waals surface area (Å²) in [7, 11) is 0. The molecule has 0 aliphatic rings. The molecule has 0 saturated heterocycles. The van der Waals surface area contributed by atoms with Crippen LogP contribution < -0.4 is 10.6 Å². The summed E-state index contributed by atoms with van der Waals surface area (Å²) in [6, 6.07) is 8.82. The summed E-state index contributed by atoms with van der Waals surface area (Å²) in [6.07, 6.45) is 2.96. The van der Waals surface area contributed by atoms with E-state index in [1.54, 1.807) is 0 Å². The first-order chi connectivity index (χ1) is 10.1. The average Bonchev–Trinajstić information content (AvgIpc) is 2.86. The van der Waals surface area contributed by atoms with Crippen molar-refractivity contribution in [1.82, 2.24) is 15.2 Å². The van der Waals surface area contributed by atoms with Crippen molar-refractivity contribution < 1.29 is 4.79 Å². The van der Waals surface area contributed by atoms with Gasteiger partial charge in [-0.25, -0.2) is 0 Å². The lowest BCUT2D eigenvalue weighted by molar-refractivity contribution is -0.121. The lowest BCUT2D eigenvalue weighted by atomic mass is 10.1. The van der Waals surface area contributed by atoms with Gasteiger partial charge in [-0.2, -0.15) is 0 Å². The SMILES string of the molecule is CCCNC(=O)Cn1ccc2c(CNC(C)C)cccc21. The third kappa shape index (κ3) is 4.08. The first-order valence-corrected chi connectivity index (χ1v) is 7.68. The largest absolute Gasteiger partial charge is 0.355 e. The maximum atomic E-state index is 11.9. The van der Waals surface area contributed by atoms with Gasteiger partial charge in [0.1, 0.15) is 6.54 Å². The van der Waals surface area contributed by atoms with E-state index in [2.05, 4.69) is 55.7 Å². The number of fused-ring (bicyclic) bond motifs is 1. The molecule has 1 heterocycles. The molecule has 0 aliphatic heterocycles. The molecule has 2 rings (SSSR count). The first-order valence-electron chi connectivity index (χ1n) is 7.68. The van der Waals surface area contributed by atoms with Gasteiger partial charge in [-0.3, -0.25) is 4.79 Å². The predicted octanol–water partition coefficient (Wildman–Crippen LogP) is 2.67. The number of carbonyl (C=O) groups excluding carboxylic acids is 1. The van der Waals surface area contributed by atoms with Gasteiger partial charge in [0.2, 0.25) is 5.91 Å². The number of nitrogens with zero attached hydrogens (tertiary/aromatic N) is 1. The number of carbonyl (C=O) groups is 1. The molecule has 0 unspecified atom stereocenters. The molecule has 1 amide bonds. The standard InChI is InChI=1S/C17H25N3O/c1-4-9-18-17(21)12-20-10-8-15-14(11-19-13(2)3)6-5-7-16(15)20/h5-8,10,13,19H,4,9,11-12H2,1-3H3,(H,18,21). The minimum absolute atomic E-state index is 0.0695. The maximum absolute atomic E-state index is 11.9. The minimum Gasteiger partial charge on any atom is -0.355 e. The Balaban J connectivity index is 2.16. The summed E-state index contributed by atoms with van der Waals surface area (Å²) in [5, 5.41) is 7.58. The van der Waals surface area contributed by atoms with Crippen LogP contribution in [0.2, 0.25) is 0 Å². The third-order valence-electron chi connectivity index (χ3n) is 3.49. The van der Waals surface area contributed by atoms with Gasteiger partial charge in [-0.05, 0) is 24.1 Å². The van der Waals surface area contributed by atoms with Gasteiger partial charge in [-0.1, -0.05) is 32.9 Å². The molecule has 0 aliphatic carbocycles. The van der Waals surface area contributed by atoms with Crippen molar-refractivity contribution in [3.05, 3.63) is 36.0 Å². The summed E-state index contributed by atoms with van der Waals surface area (Å²) in [4.78, 5) is 11.9. The highest BCUT2D eigenvalue weighted by Crippen LogP contribution is 2.20. The normalized spacial score (nSPS) is 11.2. The van der Waals surface area contributed by atoms with Crippen molar-refractivity contribution >= 4 is 16.8 Å². The number of nitrogens with one attached hydrogen (secondary N) is 2. The molecule has 0 fully saturated rings. The van der Waals surface area contributed by atoms with E-state index in [0.717, 1.165) is 25.0 Å². The highest BCUT2D eigenvalue weighted by molar-refractivity contribution is 5.85. The first kappa shape index (κ1) is 15.6. The Hall–Kier alpha value is -1.81. The molecule has 21 heavy (non-hydrogen) atoms. The van der Waals surface area contributed by atoms with E-state index < -0.39 is 0 Å². The molecule has 0 saturated carbocycles. The van der Waals surface area contributed by atoms with Crippen LogP contribution >= 0.6 is 0 Å². The molecule has 2 aromatic rings. The number of amides is 1. The number of aromatic nitrogens is 1. The minimum atomic E-state index is 0.0695. The molecule has 0 atom stereocenters. The highest BCUT2D eigenvalue weighted by atomic mass is 16.1. The molecule has 4 nitrogen and oxygen atoms in total. The van der Waals surface area contributed by atoms with Gasteiger partial charge in [-0.15, -0.1) is 0 Å². The van der Waals surface area contributed by atoms with Gasteiger partial charge in [0.25, 0.3) is 0 Å². The van der Waals surface area contributed by atoms with Crippen molar-refractivity contribution in [2.24, 2.45) is 0 Å². The van der Waals surface area contributed by atoms with E-state index in [9.17, 15) is 4.79 Å². The Morgan fingerprint density at radius 2 is 2.10 bits per heavy atom. The highest BCUT2D eigenvalue weighted by Gasteiger charge is 2.08. The van der Waals surface area contributed by atoms with Crippen LogP contribution in [0.3, 0.4) is 0 Å². The molecule has 0 radical (unpaired) electrons. The zero-order chi connectivity index (χ0) is 15.2. The Morgan fingerprint density at radius 1 is 1.29 bits per heavy atom. The fourth-order valence-corrected chi connectivity index (χ4v) is 2.37. The Bertz CT molecular complexity index is 601. The van der Waals surface area contributed by atoms with Crippen molar-refractivity contribution in [2.45, 2.75) is 46.3 Å².